The van der Waals surface area contributed by atoms with Gasteiger partial charge in [-0.05, 0) is 44.9 Å². The van der Waals surface area contributed by atoms with E-state index in [0.717, 1.165) is 19.3 Å². The number of carbonyl (C=O) groups is 9. The lowest BCUT2D eigenvalue weighted by atomic mass is 9.99. The first kappa shape index (κ1) is 55.2. The van der Waals surface area contributed by atoms with Crippen LogP contribution >= 0.6 is 0 Å². The average molecular weight is 854 g/mol. The SMILES string of the molecule is CCCCCCCCCCCCCCCC(=O)N[C@H](C(=O)N[C@H](C(=O)N[C@@H](C)C(=O)N[C@@H](C)C(=O)N[C@@H](CCC(=O)O)C(=O)N[C@@H](CCC(=O)O)C(N)=O)C(C)C)C(C)C. The Bertz CT molecular complexity index is 1390. The van der Waals surface area contributed by atoms with Crippen molar-refractivity contribution >= 4 is 53.3 Å². The first-order chi connectivity index (χ1) is 28.2. The zero-order chi connectivity index (χ0) is 45.8. The van der Waals surface area contributed by atoms with Crippen LogP contribution in [-0.2, 0) is 43.2 Å². The maximum Gasteiger partial charge on any atom is 0.303 e. The zero-order valence-electron chi connectivity index (χ0n) is 37.0. The maximum absolute atomic E-state index is 13.4. The number of nitrogens with one attached hydrogen (secondary N) is 6. The Kier molecular flexibility index (Phi) is 28.7. The fraction of sp³-hybridized carbons (Fsp3) is 0.786. The molecule has 7 amide bonds. The van der Waals surface area contributed by atoms with E-state index in [1.807, 2.05) is 0 Å². The van der Waals surface area contributed by atoms with Crippen molar-refractivity contribution in [2.24, 2.45) is 17.6 Å². The minimum atomic E-state index is -1.49. The highest BCUT2D eigenvalue weighted by atomic mass is 16.4. The molecule has 0 aromatic rings. The van der Waals surface area contributed by atoms with E-state index < -0.39 is 109 Å². The van der Waals surface area contributed by atoms with Gasteiger partial charge in [-0.1, -0.05) is 112 Å². The highest BCUT2D eigenvalue weighted by Crippen LogP contribution is 2.14. The number of nitrogens with two attached hydrogens (primary N) is 1. The van der Waals surface area contributed by atoms with Gasteiger partial charge in [0, 0.05) is 19.3 Å². The summed E-state index contributed by atoms with van der Waals surface area (Å²) in [5, 5.41) is 33.1. The molecule has 60 heavy (non-hydrogen) atoms. The number of carboxylic acids is 2. The van der Waals surface area contributed by atoms with Crippen LogP contribution in [0.4, 0.5) is 0 Å². The van der Waals surface area contributed by atoms with Crippen LogP contribution in [-0.4, -0.2) is 99.8 Å². The molecule has 0 saturated heterocycles. The first-order valence-corrected chi connectivity index (χ1v) is 21.8. The summed E-state index contributed by atoms with van der Waals surface area (Å²) in [6.45, 7) is 11.8. The molecule has 0 spiro atoms. The number of hydrogen-bond acceptors (Lipinski definition) is 9. The van der Waals surface area contributed by atoms with Crippen molar-refractivity contribution < 1.29 is 53.4 Å². The monoisotopic (exact) mass is 854 g/mol. The molecule has 10 N–H and O–H groups in total. The van der Waals surface area contributed by atoms with E-state index in [-0.39, 0.29) is 24.7 Å². The van der Waals surface area contributed by atoms with Crippen LogP contribution in [0.1, 0.15) is 164 Å². The van der Waals surface area contributed by atoms with Crippen molar-refractivity contribution in [3.05, 3.63) is 0 Å². The van der Waals surface area contributed by atoms with Gasteiger partial charge in [-0.15, -0.1) is 0 Å². The fourth-order valence-electron chi connectivity index (χ4n) is 6.29. The second kappa shape index (κ2) is 31.2. The average Bonchev–Trinajstić information content (AvgIpc) is 3.16. The van der Waals surface area contributed by atoms with Crippen LogP contribution in [0.2, 0.25) is 0 Å². The quantitative estimate of drug-likeness (QED) is 0.0424. The number of aliphatic carboxylic acids is 2. The van der Waals surface area contributed by atoms with E-state index in [9.17, 15) is 43.2 Å². The molecule has 0 aliphatic carbocycles. The van der Waals surface area contributed by atoms with Crippen LogP contribution in [0.5, 0.6) is 0 Å². The second-order valence-corrected chi connectivity index (χ2v) is 16.4. The summed E-state index contributed by atoms with van der Waals surface area (Å²) in [5.41, 5.74) is 5.27. The second-order valence-electron chi connectivity index (χ2n) is 16.4. The lowest BCUT2D eigenvalue weighted by Gasteiger charge is -2.28. The van der Waals surface area contributed by atoms with E-state index in [0.29, 0.717) is 6.42 Å². The van der Waals surface area contributed by atoms with Gasteiger partial charge in [0.1, 0.15) is 36.3 Å². The molecule has 6 atom stereocenters. The van der Waals surface area contributed by atoms with Gasteiger partial charge in [0.05, 0.1) is 0 Å². The van der Waals surface area contributed by atoms with Crippen molar-refractivity contribution in [1.29, 1.82) is 0 Å². The predicted molar refractivity (Wildman–Crippen MR) is 226 cm³/mol. The summed E-state index contributed by atoms with van der Waals surface area (Å²) < 4.78 is 0. The standard InChI is InChI=1S/C42H75N7O11/c1-8-9-10-11-12-13-14-15-16-17-18-19-20-21-32(50)48-35(26(2)3)42(60)49-36(27(4)5)41(59)45-28(6)38(56)44-29(7)39(57)47-31(23-25-34(53)54)40(58)46-30(37(43)55)22-24-33(51)52/h26-31,35-36H,8-25H2,1-7H3,(H2,43,55)(H,44,56)(H,45,59)(H,46,58)(H,47,57)(H,48,50)(H,49,60)(H,51,52)(H,53,54)/t28-,29-,30-,31-,35-,36-/m0/s1. The van der Waals surface area contributed by atoms with Gasteiger partial charge < -0.3 is 47.8 Å². The van der Waals surface area contributed by atoms with Crippen molar-refractivity contribution in [2.45, 2.75) is 200 Å². The summed E-state index contributed by atoms with van der Waals surface area (Å²) in [7, 11) is 0. The van der Waals surface area contributed by atoms with Crippen LogP contribution in [0, 0.1) is 11.8 Å². The van der Waals surface area contributed by atoms with Crippen LogP contribution < -0.4 is 37.6 Å². The minimum absolute atomic E-state index is 0.250. The summed E-state index contributed by atoms with van der Waals surface area (Å²) in [4.78, 5) is 112. The first-order valence-electron chi connectivity index (χ1n) is 21.8. The zero-order valence-corrected chi connectivity index (χ0v) is 37.0. The van der Waals surface area contributed by atoms with Crippen LogP contribution in [0.15, 0.2) is 0 Å². The molecule has 0 aromatic heterocycles. The van der Waals surface area contributed by atoms with Gasteiger partial charge in [0.25, 0.3) is 0 Å². The number of carboxylic acid groups (broad SMARTS) is 2. The molecule has 0 bridgehead atoms. The normalized spacial score (nSPS) is 14.2. The van der Waals surface area contributed by atoms with Crippen molar-refractivity contribution in [1.82, 2.24) is 31.9 Å². The van der Waals surface area contributed by atoms with Gasteiger partial charge in [0.15, 0.2) is 0 Å². The molecule has 0 unspecified atom stereocenters. The maximum atomic E-state index is 13.4. The Morgan fingerprint density at radius 1 is 0.433 bits per heavy atom. The smallest absolute Gasteiger partial charge is 0.303 e. The number of carbonyl (C=O) groups excluding carboxylic acids is 7. The van der Waals surface area contributed by atoms with Gasteiger partial charge in [-0.3, -0.25) is 43.2 Å². The number of amides is 7. The molecule has 0 fully saturated rings. The molecule has 0 rings (SSSR count). The predicted octanol–water partition coefficient (Wildman–Crippen LogP) is 2.94. The molecule has 0 radical (unpaired) electrons. The Balaban J connectivity index is 5.15. The molecule has 18 nitrogen and oxygen atoms in total. The third kappa shape index (κ3) is 25.0. The Hall–Kier alpha value is -4.77. The fourth-order valence-corrected chi connectivity index (χ4v) is 6.29. The highest BCUT2D eigenvalue weighted by Gasteiger charge is 2.33. The number of unbranched alkanes of at least 4 members (excludes halogenated alkanes) is 12. The van der Waals surface area contributed by atoms with E-state index in [1.165, 1.54) is 71.6 Å². The van der Waals surface area contributed by atoms with Crippen molar-refractivity contribution in [3.8, 4) is 0 Å². The highest BCUT2D eigenvalue weighted by molar-refractivity contribution is 5.97. The Labute approximate surface area is 355 Å². The minimum Gasteiger partial charge on any atom is -0.481 e. The van der Waals surface area contributed by atoms with Gasteiger partial charge in [-0.25, -0.2) is 0 Å². The Morgan fingerprint density at radius 2 is 0.800 bits per heavy atom. The molecule has 344 valence electrons. The lowest BCUT2D eigenvalue weighted by molar-refractivity contribution is -0.139. The van der Waals surface area contributed by atoms with E-state index in [2.05, 4.69) is 38.8 Å². The molecule has 0 aromatic carbocycles. The largest absolute Gasteiger partial charge is 0.481 e. The summed E-state index contributed by atoms with van der Waals surface area (Å²) >= 11 is 0. The number of hydrogen-bond donors (Lipinski definition) is 9. The van der Waals surface area contributed by atoms with Crippen LogP contribution in [0.3, 0.4) is 0 Å². The number of rotatable bonds is 34. The summed E-state index contributed by atoms with van der Waals surface area (Å²) in [6.07, 6.45) is 13.9. The summed E-state index contributed by atoms with van der Waals surface area (Å²) in [6, 6.07) is -7.39. The van der Waals surface area contributed by atoms with E-state index in [4.69, 9.17) is 15.9 Å². The van der Waals surface area contributed by atoms with Gasteiger partial charge in [-0.2, -0.15) is 0 Å². The lowest BCUT2D eigenvalue weighted by Crippen LogP contribution is -2.60. The van der Waals surface area contributed by atoms with Gasteiger partial charge >= 0.3 is 11.9 Å². The third-order valence-corrected chi connectivity index (χ3v) is 10.1. The molecular weight excluding hydrogens is 778 g/mol. The number of primary amides is 1. The van der Waals surface area contributed by atoms with E-state index in [1.54, 1.807) is 27.7 Å². The van der Waals surface area contributed by atoms with Crippen molar-refractivity contribution in [3.63, 3.8) is 0 Å². The molecular formula is C42H75N7O11. The van der Waals surface area contributed by atoms with Crippen LogP contribution in [0.25, 0.3) is 0 Å². The van der Waals surface area contributed by atoms with Gasteiger partial charge in [0.2, 0.25) is 41.4 Å². The summed E-state index contributed by atoms with van der Waals surface area (Å²) in [5.74, 6) is -8.46. The molecule has 18 heteroatoms. The molecule has 0 heterocycles. The molecule has 0 saturated carbocycles. The Morgan fingerprint density at radius 3 is 1.23 bits per heavy atom. The molecule has 0 aliphatic rings. The van der Waals surface area contributed by atoms with Crippen molar-refractivity contribution in [2.75, 3.05) is 0 Å². The topological polar surface area (TPSA) is 292 Å². The molecule has 0 aliphatic heterocycles. The van der Waals surface area contributed by atoms with E-state index >= 15 is 0 Å². The third-order valence-electron chi connectivity index (χ3n) is 10.1.